The third kappa shape index (κ3) is 12.9. The first-order chi connectivity index (χ1) is 25.3. The molecule has 2 aromatic rings. The first-order valence-corrected chi connectivity index (χ1v) is 18.0. The summed E-state index contributed by atoms with van der Waals surface area (Å²) in [5.74, 6) is -1.64. The van der Waals surface area contributed by atoms with Crippen LogP contribution >= 0.6 is 0 Å². The molecule has 4 amide bonds. The van der Waals surface area contributed by atoms with Gasteiger partial charge in [-0.15, -0.1) is 0 Å². The molecule has 0 unspecified atom stereocenters. The van der Waals surface area contributed by atoms with Gasteiger partial charge in [-0.1, -0.05) is 38.1 Å². The molecule has 0 aliphatic carbocycles. The fraction of sp³-hybridized carbons (Fsp3) is 0.526. The molecular formula is C38H52N6O9. The van der Waals surface area contributed by atoms with Gasteiger partial charge >= 0.3 is 11.9 Å². The van der Waals surface area contributed by atoms with E-state index < -0.39 is 24.0 Å². The number of aliphatic hydroxyl groups is 1. The van der Waals surface area contributed by atoms with Crippen molar-refractivity contribution >= 4 is 35.6 Å². The largest absolute Gasteiger partial charge is 0.464 e. The number of carbonyl (C=O) groups is 6. The maximum atomic E-state index is 13.0. The van der Waals surface area contributed by atoms with Crippen LogP contribution in [0.15, 0.2) is 48.5 Å². The van der Waals surface area contributed by atoms with Crippen molar-refractivity contribution in [3.05, 3.63) is 70.8 Å². The maximum absolute atomic E-state index is 13.0. The van der Waals surface area contributed by atoms with Crippen molar-refractivity contribution in [1.29, 1.82) is 0 Å². The zero-order valence-electron chi connectivity index (χ0n) is 30.9. The number of benzene rings is 2. The van der Waals surface area contributed by atoms with Crippen LogP contribution < -0.4 is 10.6 Å². The first-order valence-electron chi connectivity index (χ1n) is 18.0. The summed E-state index contributed by atoms with van der Waals surface area (Å²) in [4.78, 5) is 81.6. The Hall–Kier alpha value is -4.86. The van der Waals surface area contributed by atoms with Gasteiger partial charge in [0.25, 0.3) is 11.8 Å². The highest BCUT2D eigenvalue weighted by Gasteiger charge is 2.31. The van der Waals surface area contributed by atoms with Crippen molar-refractivity contribution in [2.45, 2.75) is 40.3 Å². The van der Waals surface area contributed by atoms with Crippen LogP contribution in [-0.4, -0.2) is 146 Å². The Bertz CT molecular complexity index is 1570. The van der Waals surface area contributed by atoms with E-state index in [1.165, 1.54) is 6.92 Å². The zero-order chi connectivity index (χ0) is 38.4. The summed E-state index contributed by atoms with van der Waals surface area (Å²) in [6.45, 7) is 11.1. The number of piperazine rings is 2. The molecule has 0 radical (unpaired) electrons. The third-order valence-electron chi connectivity index (χ3n) is 9.39. The van der Waals surface area contributed by atoms with Crippen molar-refractivity contribution < 1.29 is 43.3 Å². The molecule has 2 fully saturated rings. The number of aliphatic hydroxyl groups excluding tert-OH is 1. The van der Waals surface area contributed by atoms with E-state index in [1.807, 2.05) is 12.1 Å². The molecular weight excluding hydrogens is 684 g/mol. The number of nitrogens with zero attached hydrogens (tertiary/aromatic N) is 4. The normalized spacial score (nSPS) is 15.4. The summed E-state index contributed by atoms with van der Waals surface area (Å²) < 4.78 is 10.4. The van der Waals surface area contributed by atoms with Crippen molar-refractivity contribution in [3.8, 4) is 0 Å². The maximum Gasteiger partial charge on any atom is 0.331 e. The van der Waals surface area contributed by atoms with Gasteiger partial charge in [-0.2, -0.15) is 0 Å². The lowest BCUT2D eigenvalue weighted by molar-refractivity contribution is -0.150. The Balaban J connectivity index is 1.10. The van der Waals surface area contributed by atoms with Crippen LogP contribution in [0.1, 0.15) is 59.0 Å². The quantitative estimate of drug-likeness (QED) is 0.206. The van der Waals surface area contributed by atoms with E-state index in [2.05, 4.69) is 20.4 Å². The number of amides is 4. The van der Waals surface area contributed by atoms with E-state index in [0.29, 0.717) is 83.1 Å². The summed E-state index contributed by atoms with van der Waals surface area (Å²) in [5, 5.41) is 14.4. The Morgan fingerprint density at radius 1 is 0.642 bits per heavy atom. The third-order valence-corrected chi connectivity index (χ3v) is 9.39. The van der Waals surface area contributed by atoms with Gasteiger partial charge < -0.3 is 35.0 Å². The number of hydrogen-bond acceptors (Lipinski definition) is 11. The second kappa shape index (κ2) is 19.8. The van der Waals surface area contributed by atoms with E-state index in [0.717, 1.165) is 11.1 Å². The molecule has 0 bridgehead atoms. The van der Waals surface area contributed by atoms with Crippen molar-refractivity contribution in [3.63, 3.8) is 0 Å². The SMILES string of the molecule is CC(=O)NCc1ccc(C(=O)N2CCN(CCOC(=O)CC(C)(C)C(=O)NCc3ccc(C(=O)N4CCN(CCOC(=O)CO)CC4)cc3)CC2)cc1. The fourth-order valence-electron chi connectivity index (χ4n) is 6.01. The van der Waals surface area contributed by atoms with E-state index in [4.69, 9.17) is 14.6 Å². The minimum Gasteiger partial charge on any atom is -0.464 e. The number of esters is 2. The number of ether oxygens (including phenoxy) is 2. The average Bonchev–Trinajstić information content (AvgIpc) is 3.16. The molecule has 53 heavy (non-hydrogen) atoms. The van der Waals surface area contributed by atoms with Gasteiger partial charge in [0.1, 0.15) is 19.8 Å². The van der Waals surface area contributed by atoms with Gasteiger partial charge in [-0.3, -0.25) is 33.8 Å². The van der Waals surface area contributed by atoms with Gasteiger partial charge in [0.15, 0.2) is 0 Å². The lowest BCUT2D eigenvalue weighted by Gasteiger charge is -2.34. The molecule has 3 N–H and O–H groups in total. The average molecular weight is 737 g/mol. The van der Waals surface area contributed by atoms with Crippen LogP contribution in [-0.2, 0) is 41.7 Å². The first kappa shape index (κ1) is 40.9. The number of rotatable bonds is 16. The van der Waals surface area contributed by atoms with Crippen molar-refractivity contribution in [2.24, 2.45) is 5.41 Å². The summed E-state index contributed by atoms with van der Waals surface area (Å²) in [5.41, 5.74) is 1.88. The molecule has 2 saturated heterocycles. The molecule has 2 aliphatic rings. The Labute approximate surface area is 310 Å². The van der Waals surface area contributed by atoms with Gasteiger partial charge in [0, 0.05) is 96.6 Å². The van der Waals surface area contributed by atoms with Crippen molar-refractivity contribution in [2.75, 3.05) is 85.3 Å². The minimum atomic E-state index is -0.996. The molecule has 2 aromatic carbocycles. The molecule has 4 rings (SSSR count). The summed E-state index contributed by atoms with van der Waals surface area (Å²) in [6.07, 6.45) is -0.0841. The van der Waals surface area contributed by atoms with E-state index in [-0.39, 0.29) is 49.8 Å². The lowest BCUT2D eigenvalue weighted by atomic mass is 9.88. The predicted octanol–water partition coefficient (Wildman–Crippen LogP) is 0.650. The van der Waals surface area contributed by atoms with Crippen molar-refractivity contribution in [1.82, 2.24) is 30.2 Å². The van der Waals surface area contributed by atoms with E-state index in [1.54, 1.807) is 60.0 Å². The Morgan fingerprint density at radius 3 is 1.47 bits per heavy atom. The van der Waals surface area contributed by atoms with Gasteiger partial charge in [0.2, 0.25) is 11.8 Å². The van der Waals surface area contributed by atoms with Gasteiger partial charge in [-0.05, 0) is 35.4 Å². The van der Waals surface area contributed by atoms with Crippen LogP contribution in [0, 0.1) is 5.41 Å². The second-order valence-electron chi connectivity index (χ2n) is 13.9. The van der Waals surface area contributed by atoms with Crippen LogP contribution in [0.25, 0.3) is 0 Å². The molecule has 15 nitrogen and oxygen atoms in total. The highest BCUT2D eigenvalue weighted by molar-refractivity contribution is 5.95. The summed E-state index contributed by atoms with van der Waals surface area (Å²) in [6, 6.07) is 14.3. The summed E-state index contributed by atoms with van der Waals surface area (Å²) >= 11 is 0. The summed E-state index contributed by atoms with van der Waals surface area (Å²) in [7, 11) is 0. The molecule has 0 saturated carbocycles. The van der Waals surface area contributed by atoms with E-state index >= 15 is 0 Å². The number of nitrogens with one attached hydrogen (secondary N) is 2. The zero-order valence-corrected chi connectivity index (χ0v) is 30.9. The lowest BCUT2D eigenvalue weighted by Crippen LogP contribution is -2.49. The van der Waals surface area contributed by atoms with Crippen LogP contribution in [0.5, 0.6) is 0 Å². The number of carbonyl (C=O) groups excluding carboxylic acids is 6. The highest BCUT2D eigenvalue weighted by atomic mass is 16.5. The van der Waals surface area contributed by atoms with Gasteiger partial charge in [0.05, 0.1) is 11.8 Å². The van der Waals surface area contributed by atoms with E-state index in [9.17, 15) is 28.8 Å². The topological polar surface area (TPSA) is 178 Å². The Morgan fingerprint density at radius 2 is 1.06 bits per heavy atom. The monoisotopic (exact) mass is 736 g/mol. The molecule has 0 atom stereocenters. The fourth-order valence-corrected chi connectivity index (χ4v) is 6.01. The molecule has 2 aliphatic heterocycles. The molecule has 0 aromatic heterocycles. The smallest absolute Gasteiger partial charge is 0.331 e. The molecule has 0 spiro atoms. The minimum absolute atomic E-state index is 0.0448. The molecule has 288 valence electrons. The van der Waals surface area contributed by atoms with Crippen LogP contribution in [0.3, 0.4) is 0 Å². The Kier molecular flexibility index (Phi) is 15.3. The number of hydrogen-bond donors (Lipinski definition) is 3. The standard InChI is InChI=1S/C38H52N6O9/c1-28(46)39-25-29-4-8-31(9-5-29)35(49)43-16-12-41(13-17-43)20-22-52-33(47)24-38(2,3)37(51)40-26-30-6-10-32(11-7-30)36(50)44-18-14-42(15-19-44)21-23-53-34(48)27-45/h4-11,45H,12-27H2,1-3H3,(H,39,46)(H,40,51). The van der Waals surface area contributed by atoms with Crippen LogP contribution in [0.4, 0.5) is 0 Å². The van der Waals surface area contributed by atoms with Crippen LogP contribution in [0.2, 0.25) is 0 Å². The molecule has 15 heteroatoms. The predicted molar refractivity (Wildman–Crippen MR) is 194 cm³/mol. The second-order valence-corrected chi connectivity index (χ2v) is 13.9. The van der Waals surface area contributed by atoms with Gasteiger partial charge in [-0.25, -0.2) is 4.79 Å². The molecule has 2 heterocycles. The highest BCUT2D eigenvalue weighted by Crippen LogP contribution is 2.22.